The van der Waals surface area contributed by atoms with Crippen LogP contribution in [-0.4, -0.2) is 17.1 Å². The van der Waals surface area contributed by atoms with E-state index in [4.69, 9.17) is 21.6 Å². The summed E-state index contributed by atoms with van der Waals surface area (Å²) in [6.45, 7) is 0. The van der Waals surface area contributed by atoms with E-state index in [2.05, 4.69) is 15.3 Å². The maximum absolute atomic E-state index is 8.74. The fraction of sp³-hybridized carbons (Fsp3) is 0.0833. The molecule has 0 spiro atoms. The monoisotopic (exact) mass is 260 g/mol. The van der Waals surface area contributed by atoms with Crippen LogP contribution in [0, 0.1) is 11.3 Å². The van der Waals surface area contributed by atoms with Crippen LogP contribution in [0.4, 0.5) is 11.5 Å². The van der Waals surface area contributed by atoms with Crippen LogP contribution in [0.1, 0.15) is 5.56 Å². The lowest BCUT2D eigenvalue weighted by molar-refractivity contribution is 0.397. The van der Waals surface area contributed by atoms with E-state index in [1.54, 1.807) is 24.3 Å². The minimum Gasteiger partial charge on any atom is -0.481 e. The summed E-state index contributed by atoms with van der Waals surface area (Å²) in [4.78, 5) is 7.94. The summed E-state index contributed by atoms with van der Waals surface area (Å²) in [5, 5.41) is 12.2. The molecule has 2 rings (SSSR count). The molecule has 1 N–H and O–H groups in total. The molecule has 0 unspecified atom stereocenters. The van der Waals surface area contributed by atoms with Crippen LogP contribution in [-0.2, 0) is 0 Å². The van der Waals surface area contributed by atoms with Crippen molar-refractivity contribution in [1.29, 1.82) is 5.26 Å². The molecule has 1 aromatic carbocycles. The number of aromatic nitrogens is 2. The van der Waals surface area contributed by atoms with Gasteiger partial charge in [0.05, 0.1) is 29.5 Å². The summed E-state index contributed by atoms with van der Waals surface area (Å²) in [5.74, 6) is 1.02. The number of nitrogens with one attached hydrogen (secondary N) is 1. The van der Waals surface area contributed by atoms with E-state index in [-0.39, 0.29) is 0 Å². The first-order valence-corrected chi connectivity index (χ1v) is 5.43. The summed E-state index contributed by atoms with van der Waals surface area (Å²) >= 11 is 6.04. The van der Waals surface area contributed by atoms with Crippen LogP contribution in [0.15, 0.2) is 30.6 Å². The molecule has 2 aromatic rings. The maximum atomic E-state index is 8.74. The van der Waals surface area contributed by atoms with Crippen molar-refractivity contribution in [3.05, 3.63) is 41.2 Å². The van der Waals surface area contributed by atoms with E-state index in [0.717, 1.165) is 0 Å². The van der Waals surface area contributed by atoms with Crippen molar-refractivity contribution in [2.45, 2.75) is 0 Å². The SMILES string of the molecule is COc1cc(Nc2ccc(C#N)cc2Cl)ncn1. The second-order valence-electron chi connectivity index (χ2n) is 3.38. The smallest absolute Gasteiger partial charge is 0.218 e. The topological polar surface area (TPSA) is 70.8 Å². The molecule has 0 amide bonds. The molecule has 0 atom stereocenters. The first kappa shape index (κ1) is 12.1. The minimum atomic E-state index is 0.451. The third-order valence-electron chi connectivity index (χ3n) is 2.21. The molecule has 0 fully saturated rings. The van der Waals surface area contributed by atoms with Gasteiger partial charge in [-0.05, 0) is 18.2 Å². The number of methoxy groups -OCH3 is 1. The Morgan fingerprint density at radius 2 is 2.17 bits per heavy atom. The van der Waals surface area contributed by atoms with Crippen molar-refractivity contribution in [3.8, 4) is 11.9 Å². The summed E-state index contributed by atoms with van der Waals surface area (Å²) < 4.78 is 4.99. The van der Waals surface area contributed by atoms with E-state index in [9.17, 15) is 0 Å². The van der Waals surface area contributed by atoms with Gasteiger partial charge in [-0.1, -0.05) is 11.6 Å². The Hall–Kier alpha value is -2.32. The Kier molecular flexibility index (Phi) is 3.60. The molecular formula is C12H9ClN4O. The zero-order valence-electron chi connectivity index (χ0n) is 9.51. The Bertz CT molecular complexity index is 609. The van der Waals surface area contributed by atoms with Gasteiger partial charge in [-0.2, -0.15) is 5.26 Å². The molecule has 1 heterocycles. The van der Waals surface area contributed by atoms with Gasteiger partial charge in [0, 0.05) is 6.07 Å². The quantitative estimate of drug-likeness (QED) is 0.919. The average molecular weight is 261 g/mol. The number of benzene rings is 1. The molecule has 6 heteroatoms. The van der Waals surface area contributed by atoms with Crippen molar-refractivity contribution in [3.63, 3.8) is 0 Å². The highest BCUT2D eigenvalue weighted by Gasteiger charge is 2.04. The molecule has 5 nitrogen and oxygen atoms in total. The van der Waals surface area contributed by atoms with Crippen LogP contribution >= 0.6 is 11.6 Å². The highest BCUT2D eigenvalue weighted by atomic mass is 35.5. The van der Waals surface area contributed by atoms with Gasteiger partial charge in [0.15, 0.2) is 0 Å². The van der Waals surface area contributed by atoms with Gasteiger partial charge in [0.25, 0.3) is 0 Å². The summed E-state index contributed by atoms with van der Waals surface area (Å²) in [6, 6.07) is 8.64. The zero-order valence-corrected chi connectivity index (χ0v) is 10.3. The van der Waals surface area contributed by atoms with Gasteiger partial charge in [0.2, 0.25) is 5.88 Å². The Morgan fingerprint density at radius 3 is 2.83 bits per heavy atom. The molecular weight excluding hydrogens is 252 g/mol. The number of anilines is 2. The van der Waals surface area contributed by atoms with E-state index in [1.165, 1.54) is 13.4 Å². The average Bonchev–Trinajstić information content (AvgIpc) is 2.41. The van der Waals surface area contributed by atoms with Crippen molar-refractivity contribution in [1.82, 2.24) is 9.97 Å². The molecule has 0 aliphatic carbocycles. The number of hydrogen-bond donors (Lipinski definition) is 1. The highest BCUT2D eigenvalue weighted by molar-refractivity contribution is 6.33. The van der Waals surface area contributed by atoms with Crippen LogP contribution < -0.4 is 10.1 Å². The van der Waals surface area contributed by atoms with Crippen LogP contribution in [0.5, 0.6) is 5.88 Å². The number of nitrogens with zero attached hydrogens (tertiary/aromatic N) is 3. The summed E-state index contributed by atoms with van der Waals surface area (Å²) in [7, 11) is 1.53. The standard InChI is InChI=1S/C12H9ClN4O/c1-18-12-5-11(15-7-16-12)17-10-3-2-8(6-14)4-9(10)13/h2-5,7H,1H3,(H,15,16,17). The van der Waals surface area contributed by atoms with E-state index < -0.39 is 0 Å². The molecule has 0 aliphatic rings. The summed E-state index contributed by atoms with van der Waals surface area (Å²) in [6.07, 6.45) is 1.39. The van der Waals surface area contributed by atoms with Crippen LogP contribution in [0.2, 0.25) is 5.02 Å². The molecule has 0 aliphatic heterocycles. The molecule has 90 valence electrons. The lowest BCUT2D eigenvalue weighted by Gasteiger charge is -2.08. The number of nitriles is 1. The van der Waals surface area contributed by atoms with E-state index in [0.29, 0.717) is 28.0 Å². The van der Waals surface area contributed by atoms with E-state index >= 15 is 0 Å². The lowest BCUT2D eigenvalue weighted by Crippen LogP contribution is -1.96. The van der Waals surface area contributed by atoms with E-state index in [1.807, 2.05) is 6.07 Å². The lowest BCUT2D eigenvalue weighted by atomic mass is 10.2. The fourth-order valence-corrected chi connectivity index (χ4v) is 1.57. The van der Waals surface area contributed by atoms with Crippen molar-refractivity contribution < 1.29 is 4.74 Å². The van der Waals surface area contributed by atoms with Crippen LogP contribution in [0.3, 0.4) is 0 Å². The van der Waals surface area contributed by atoms with Gasteiger partial charge in [-0.25, -0.2) is 9.97 Å². The van der Waals surface area contributed by atoms with Gasteiger partial charge < -0.3 is 10.1 Å². The zero-order chi connectivity index (χ0) is 13.0. The second-order valence-corrected chi connectivity index (χ2v) is 3.78. The number of halogens is 1. The van der Waals surface area contributed by atoms with Crippen LogP contribution in [0.25, 0.3) is 0 Å². The van der Waals surface area contributed by atoms with Crippen molar-refractivity contribution in [2.75, 3.05) is 12.4 Å². The van der Waals surface area contributed by atoms with Gasteiger partial charge >= 0.3 is 0 Å². The molecule has 0 saturated carbocycles. The predicted octanol–water partition coefficient (Wildman–Crippen LogP) is 2.75. The minimum absolute atomic E-state index is 0.451. The van der Waals surface area contributed by atoms with Gasteiger partial charge in [-0.15, -0.1) is 0 Å². The Labute approximate surface area is 109 Å². The predicted molar refractivity (Wildman–Crippen MR) is 68.0 cm³/mol. The first-order chi connectivity index (χ1) is 8.72. The highest BCUT2D eigenvalue weighted by Crippen LogP contribution is 2.26. The van der Waals surface area contributed by atoms with Gasteiger partial charge in [0.1, 0.15) is 12.1 Å². The third-order valence-corrected chi connectivity index (χ3v) is 2.52. The molecule has 1 aromatic heterocycles. The normalized spacial score (nSPS) is 9.61. The Balaban J connectivity index is 2.26. The fourth-order valence-electron chi connectivity index (χ4n) is 1.34. The summed E-state index contributed by atoms with van der Waals surface area (Å²) in [5.41, 5.74) is 1.17. The largest absolute Gasteiger partial charge is 0.481 e. The second kappa shape index (κ2) is 5.34. The molecule has 0 saturated heterocycles. The molecule has 18 heavy (non-hydrogen) atoms. The maximum Gasteiger partial charge on any atom is 0.218 e. The number of rotatable bonds is 3. The third kappa shape index (κ3) is 2.67. The Morgan fingerprint density at radius 1 is 1.33 bits per heavy atom. The first-order valence-electron chi connectivity index (χ1n) is 5.05. The van der Waals surface area contributed by atoms with Crippen molar-refractivity contribution in [2.24, 2.45) is 0 Å². The molecule has 0 bridgehead atoms. The van der Waals surface area contributed by atoms with Gasteiger partial charge in [-0.3, -0.25) is 0 Å². The van der Waals surface area contributed by atoms with Crippen molar-refractivity contribution >= 4 is 23.1 Å². The number of ether oxygens (including phenoxy) is 1. The number of hydrogen-bond acceptors (Lipinski definition) is 5. The molecule has 0 radical (unpaired) electrons.